The highest BCUT2D eigenvalue weighted by molar-refractivity contribution is 7.10. The molecule has 2 N–H and O–H groups in total. The van der Waals surface area contributed by atoms with Gasteiger partial charge in [0.05, 0.1) is 17.5 Å². The van der Waals surface area contributed by atoms with E-state index in [9.17, 15) is 19.3 Å². The third-order valence-corrected chi connectivity index (χ3v) is 4.00. The van der Waals surface area contributed by atoms with Crippen molar-refractivity contribution in [2.24, 2.45) is 0 Å². The standard InChI is InChI=1S/C14H14FN3O3S/c1-9(13-3-2-6-22-13)17-14(19)8-16-10-4-5-11(15)12(7-10)18(20)21/h2-7,9,16H,8H2,1H3,(H,17,19). The first-order valence-electron chi connectivity index (χ1n) is 6.48. The molecule has 0 bridgehead atoms. The number of amides is 1. The smallest absolute Gasteiger partial charge is 0.306 e. The molecule has 1 heterocycles. The van der Waals surface area contributed by atoms with Gasteiger partial charge >= 0.3 is 5.69 Å². The summed E-state index contributed by atoms with van der Waals surface area (Å²) < 4.78 is 13.2. The largest absolute Gasteiger partial charge is 0.376 e. The van der Waals surface area contributed by atoms with Crippen molar-refractivity contribution in [2.45, 2.75) is 13.0 Å². The Balaban J connectivity index is 1.91. The van der Waals surface area contributed by atoms with Crippen LogP contribution in [0.1, 0.15) is 17.8 Å². The lowest BCUT2D eigenvalue weighted by atomic mass is 10.2. The average molecular weight is 323 g/mol. The Morgan fingerprint density at radius 2 is 2.23 bits per heavy atom. The van der Waals surface area contributed by atoms with Gasteiger partial charge in [-0.1, -0.05) is 6.07 Å². The van der Waals surface area contributed by atoms with Gasteiger partial charge in [-0.3, -0.25) is 14.9 Å². The SMILES string of the molecule is CC(NC(=O)CNc1ccc(F)c([N+](=O)[O-])c1)c1cccs1. The van der Waals surface area contributed by atoms with E-state index in [0.717, 1.165) is 17.0 Å². The van der Waals surface area contributed by atoms with Crippen molar-refractivity contribution < 1.29 is 14.1 Å². The number of anilines is 1. The molecule has 2 aromatic rings. The zero-order valence-electron chi connectivity index (χ0n) is 11.7. The van der Waals surface area contributed by atoms with Crippen LogP contribution >= 0.6 is 11.3 Å². The first-order chi connectivity index (χ1) is 10.5. The second-order valence-electron chi connectivity index (χ2n) is 4.58. The van der Waals surface area contributed by atoms with Gasteiger partial charge in [0.25, 0.3) is 0 Å². The van der Waals surface area contributed by atoms with Crippen molar-refractivity contribution in [2.75, 3.05) is 11.9 Å². The summed E-state index contributed by atoms with van der Waals surface area (Å²) in [6.45, 7) is 1.81. The van der Waals surface area contributed by atoms with Crippen LogP contribution < -0.4 is 10.6 Å². The zero-order valence-corrected chi connectivity index (χ0v) is 12.5. The monoisotopic (exact) mass is 323 g/mol. The number of halogens is 1. The molecule has 2 rings (SSSR count). The molecule has 0 radical (unpaired) electrons. The molecule has 8 heteroatoms. The molecule has 0 spiro atoms. The number of hydrogen-bond donors (Lipinski definition) is 2. The molecule has 0 aliphatic heterocycles. The maximum atomic E-state index is 13.2. The van der Waals surface area contributed by atoms with Gasteiger partial charge in [0.2, 0.25) is 11.7 Å². The fourth-order valence-electron chi connectivity index (χ4n) is 1.85. The summed E-state index contributed by atoms with van der Waals surface area (Å²) in [6, 6.07) is 7.11. The Morgan fingerprint density at radius 1 is 1.45 bits per heavy atom. The minimum Gasteiger partial charge on any atom is -0.376 e. The number of nitrogens with zero attached hydrogens (tertiary/aromatic N) is 1. The highest BCUT2D eigenvalue weighted by atomic mass is 32.1. The van der Waals surface area contributed by atoms with Gasteiger partial charge in [-0.05, 0) is 30.5 Å². The van der Waals surface area contributed by atoms with Crippen molar-refractivity contribution in [3.05, 3.63) is 56.5 Å². The average Bonchev–Trinajstić information content (AvgIpc) is 3.00. The normalized spacial score (nSPS) is 11.7. The minimum absolute atomic E-state index is 0.0570. The molecule has 1 unspecified atom stereocenters. The quantitative estimate of drug-likeness (QED) is 0.632. The van der Waals surface area contributed by atoms with Gasteiger partial charge in [0.15, 0.2) is 0 Å². The molecule has 0 saturated carbocycles. The summed E-state index contributed by atoms with van der Waals surface area (Å²) in [7, 11) is 0. The lowest BCUT2D eigenvalue weighted by Crippen LogP contribution is -2.31. The van der Waals surface area contributed by atoms with Crippen LogP contribution in [0.25, 0.3) is 0 Å². The van der Waals surface area contributed by atoms with Crippen LogP contribution in [0.2, 0.25) is 0 Å². The number of nitro benzene ring substituents is 1. The molecule has 0 aliphatic rings. The first kappa shape index (κ1) is 15.9. The van der Waals surface area contributed by atoms with Crippen LogP contribution in [-0.2, 0) is 4.79 Å². The van der Waals surface area contributed by atoms with Crippen molar-refractivity contribution >= 4 is 28.6 Å². The number of nitrogens with one attached hydrogen (secondary N) is 2. The van der Waals surface area contributed by atoms with E-state index in [1.807, 2.05) is 24.4 Å². The summed E-state index contributed by atoms with van der Waals surface area (Å²) in [6.07, 6.45) is 0. The third-order valence-electron chi connectivity index (χ3n) is 2.94. The predicted octanol–water partition coefficient (Wildman–Crippen LogP) is 3.08. The highest BCUT2D eigenvalue weighted by Gasteiger charge is 2.15. The second-order valence-corrected chi connectivity index (χ2v) is 5.56. The van der Waals surface area contributed by atoms with Crippen LogP contribution in [0.5, 0.6) is 0 Å². The Bertz CT molecular complexity index is 676. The number of benzene rings is 1. The van der Waals surface area contributed by atoms with Crippen LogP contribution in [-0.4, -0.2) is 17.4 Å². The second kappa shape index (κ2) is 6.99. The van der Waals surface area contributed by atoms with Gasteiger partial charge in [-0.2, -0.15) is 4.39 Å². The third kappa shape index (κ3) is 4.01. The first-order valence-corrected chi connectivity index (χ1v) is 7.36. The summed E-state index contributed by atoms with van der Waals surface area (Å²) in [5, 5.41) is 18.1. The van der Waals surface area contributed by atoms with Crippen LogP contribution in [0.15, 0.2) is 35.7 Å². The van der Waals surface area contributed by atoms with E-state index >= 15 is 0 Å². The molecule has 6 nitrogen and oxygen atoms in total. The topological polar surface area (TPSA) is 84.3 Å². The molecule has 1 aromatic carbocycles. The maximum Gasteiger partial charge on any atom is 0.306 e. The van der Waals surface area contributed by atoms with E-state index in [1.54, 1.807) is 11.3 Å². The fraction of sp³-hybridized carbons (Fsp3) is 0.214. The van der Waals surface area contributed by atoms with E-state index in [-0.39, 0.29) is 18.5 Å². The number of hydrogen-bond acceptors (Lipinski definition) is 5. The van der Waals surface area contributed by atoms with Crippen LogP contribution in [0.3, 0.4) is 0 Å². The minimum atomic E-state index is -0.911. The lowest BCUT2D eigenvalue weighted by Gasteiger charge is -2.13. The summed E-state index contributed by atoms with van der Waals surface area (Å²) in [5.74, 6) is -1.17. The van der Waals surface area contributed by atoms with E-state index in [4.69, 9.17) is 0 Å². The van der Waals surface area contributed by atoms with E-state index in [2.05, 4.69) is 10.6 Å². The summed E-state index contributed by atoms with van der Waals surface area (Å²) >= 11 is 1.54. The molecular formula is C14H14FN3O3S. The lowest BCUT2D eigenvalue weighted by molar-refractivity contribution is -0.387. The summed E-state index contributed by atoms with van der Waals surface area (Å²) in [5.41, 5.74) is -0.315. The Labute approximate surface area is 130 Å². The van der Waals surface area contributed by atoms with Crippen molar-refractivity contribution in [1.29, 1.82) is 0 Å². The van der Waals surface area contributed by atoms with E-state index < -0.39 is 16.4 Å². The van der Waals surface area contributed by atoms with Gasteiger partial charge in [-0.15, -0.1) is 11.3 Å². The number of rotatable bonds is 6. The number of carbonyl (C=O) groups is 1. The van der Waals surface area contributed by atoms with E-state index in [1.165, 1.54) is 6.07 Å². The van der Waals surface area contributed by atoms with Gasteiger partial charge in [0.1, 0.15) is 0 Å². The zero-order chi connectivity index (χ0) is 16.1. The molecule has 1 aromatic heterocycles. The number of thiophene rings is 1. The highest BCUT2D eigenvalue weighted by Crippen LogP contribution is 2.21. The molecule has 0 fully saturated rings. The Kier molecular flexibility index (Phi) is 5.05. The Morgan fingerprint density at radius 3 is 2.86 bits per heavy atom. The molecule has 0 saturated heterocycles. The molecule has 22 heavy (non-hydrogen) atoms. The molecule has 1 amide bonds. The number of nitro groups is 1. The van der Waals surface area contributed by atoms with Crippen LogP contribution in [0, 0.1) is 15.9 Å². The van der Waals surface area contributed by atoms with Crippen molar-refractivity contribution in [1.82, 2.24) is 5.32 Å². The molecule has 1 atom stereocenters. The fourth-order valence-corrected chi connectivity index (χ4v) is 2.58. The van der Waals surface area contributed by atoms with Crippen molar-refractivity contribution in [3.63, 3.8) is 0 Å². The van der Waals surface area contributed by atoms with Gasteiger partial charge < -0.3 is 10.6 Å². The van der Waals surface area contributed by atoms with Crippen LogP contribution in [0.4, 0.5) is 15.8 Å². The van der Waals surface area contributed by atoms with Crippen molar-refractivity contribution in [3.8, 4) is 0 Å². The maximum absolute atomic E-state index is 13.2. The molecule has 116 valence electrons. The van der Waals surface area contributed by atoms with Gasteiger partial charge in [0, 0.05) is 16.6 Å². The molecule has 0 aliphatic carbocycles. The predicted molar refractivity (Wildman–Crippen MR) is 82.4 cm³/mol. The van der Waals surface area contributed by atoms with E-state index in [0.29, 0.717) is 5.69 Å². The summed E-state index contributed by atoms with van der Waals surface area (Å²) in [4.78, 5) is 22.7. The molecular weight excluding hydrogens is 309 g/mol. The number of carbonyl (C=O) groups excluding carboxylic acids is 1. The Hall–Kier alpha value is -2.48. The van der Waals surface area contributed by atoms with Gasteiger partial charge in [-0.25, -0.2) is 0 Å².